The number of benzene rings is 1. The van der Waals surface area contributed by atoms with Crippen LogP contribution in [0.25, 0.3) is 0 Å². The molecule has 0 fully saturated rings. The highest BCUT2D eigenvalue weighted by molar-refractivity contribution is 5.94. The second-order valence-electron chi connectivity index (χ2n) is 6.94. The van der Waals surface area contributed by atoms with E-state index in [1.54, 1.807) is 17.0 Å². The number of hydrogen-bond donors (Lipinski definition) is 1. The minimum Gasteiger partial charge on any atom is -0.480 e. The highest BCUT2D eigenvalue weighted by Crippen LogP contribution is 2.31. The molecule has 30 heavy (non-hydrogen) atoms. The number of carbonyl (C=O) groups is 2. The van der Waals surface area contributed by atoms with Gasteiger partial charge in [0.25, 0.3) is 0 Å². The summed E-state index contributed by atoms with van der Waals surface area (Å²) in [6.45, 7) is 9.20. The lowest BCUT2D eigenvalue weighted by molar-refractivity contribution is -0.274. The Morgan fingerprint density at radius 1 is 1.20 bits per heavy atom. The number of rotatable bonds is 9. The van der Waals surface area contributed by atoms with Crippen molar-refractivity contribution >= 4 is 11.8 Å². The van der Waals surface area contributed by atoms with Gasteiger partial charge in [0.15, 0.2) is 5.78 Å². The van der Waals surface area contributed by atoms with Crippen molar-refractivity contribution in [3.8, 4) is 5.75 Å². The molecule has 1 aliphatic rings. The third-order valence-corrected chi connectivity index (χ3v) is 4.81. The van der Waals surface area contributed by atoms with Crippen LogP contribution in [0.1, 0.15) is 45.1 Å². The second-order valence-corrected chi connectivity index (χ2v) is 6.94. The number of aliphatic carboxylic acids is 1. The summed E-state index contributed by atoms with van der Waals surface area (Å²) in [5, 5.41) is 9.27. The fraction of sp³-hybridized carbons (Fsp3) is 0.455. The summed E-state index contributed by atoms with van der Waals surface area (Å²) < 4.78 is 40.5. The molecule has 8 heteroatoms. The van der Waals surface area contributed by atoms with Crippen LogP contribution in [-0.4, -0.2) is 40.7 Å². The topological polar surface area (TPSA) is 66.8 Å². The molecule has 0 radical (unpaired) electrons. The maximum Gasteiger partial charge on any atom is 0.573 e. The molecule has 0 bridgehead atoms. The summed E-state index contributed by atoms with van der Waals surface area (Å²) in [7, 11) is 0. The Bertz CT molecular complexity index is 757. The molecule has 0 spiro atoms. The van der Waals surface area contributed by atoms with Gasteiger partial charge in [0.05, 0.1) is 0 Å². The molecule has 1 atom stereocenters. The van der Waals surface area contributed by atoms with Gasteiger partial charge in [0.1, 0.15) is 12.3 Å². The monoisotopic (exact) mass is 427 g/mol. The quantitative estimate of drug-likeness (QED) is 0.554. The smallest absolute Gasteiger partial charge is 0.480 e. The molecule has 5 nitrogen and oxygen atoms in total. The number of ether oxygens (including phenoxy) is 1. The van der Waals surface area contributed by atoms with Crippen LogP contribution in [0.4, 0.5) is 13.2 Å². The molecule has 0 aromatic heterocycles. The van der Waals surface area contributed by atoms with Gasteiger partial charge in [0.2, 0.25) is 0 Å². The molecule has 0 heterocycles. The van der Waals surface area contributed by atoms with Gasteiger partial charge in [-0.05, 0) is 63.6 Å². The van der Waals surface area contributed by atoms with Crippen LogP contribution >= 0.6 is 0 Å². The first-order valence-electron chi connectivity index (χ1n) is 9.63. The first-order chi connectivity index (χ1) is 14.1. The molecule has 0 saturated heterocycles. The fourth-order valence-corrected chi connectivity index (χ4v) is 3.48. The summed E-state index contributed by atoms with van der Waals surface area (Å²) >= 11 is 0. The standard InChI is InChI=1S/C20H24F3NO4.C2H4/c1-13(6-7-15-8-10-16(11-9-15)28-20(21,22)23)24(12-19(26)27)18-5-3-4-17(18)14(2)25;1-2/h8-11,13H,3-7,12H2,1-2H3,(H,26,27);1-2H2. The van der Waals surface area contributed by atoms with E-state index >= 15 is 0 Å². The van der Waals surface area contributed by atoms with Gasteiger partial charge in [-0.25, -0.2) is 0 Å². The van der Waals surface area contributed by atoms with Gasteiger partial charge < -0.3 is 14.7 Å². The lowest BCUT2D eigenvalue weighted by Gasteiger charge is -2.32. The van der Waals surface area contributed by atoms with Crippen molar-refractivity contribution in [3.63, 3.8) is 0 Å². The molecule has 0 saturated carbocycles. The van der Waals surface area contributed by atoms with E-state index in [1.807, 2.05) is 6.92 Å². The van der Waals surface area contributed by atoms with Gasteiger partial charge >= 0.3 is 12.3 Å². The van der Waals surface area contributed by atoms with Crippen LogP contribution in [-0.2, 0) is 16.0 Å². The van der Waals surface area contributed by atoms with Crippen molar-refractivity contribution in [1.29, 1.82) is 0 Å². The van der Waals surface area contributed by atoms with Gasteiger partial charge in [-0.3, -0.25) is 9.59 Å². The molecule has 1 N–H and O–H groups in total. The Kier molecular flexibility index (Phi) is 9.62. The SMILES string of the molecule is C=C.CC(=O)C1=C(N(CC(=O)O)C(C)CCc2ccc(OC(F)(F)F)cc2)CCC1. The summed E-state index contributed by atoms with van der Waals surface area (Å²) in [4.78, 5) is 24.9. The molecular weight excluding hydrogens is 399 g/mol. The first kappa shape index (κ1) is 25.3. The van der Waals surface area contributed by atoms with E-state index in [0.717, 1.165) is 17.7 Å². The zero-order chi connectivity index (χ0) is 22.9. The second kappa shape index (κ2) is 11.4. The van der Waals surface area contributed by atoms with Crippen LogP contribution in [0.15, 0.2) is 48.7 Å². The average molecular weight is 427 g/mol. The molecule has 166 valence electrons. The number of allylic oxidation sites excluding steroid dienone is 2. The molecular formula is C22H28F3NO4. The minimum atomic E-state index is -4.73. The maximum absolute atomic E-state index is 12.2. The normalized spacial score (nSPS) is 14.6. The number of alkyl halides is 3. The van der Waals surface area contributed by atoms with Crippen molar-refractivity contribution in [2.24, 2.45) is 0 Å². The summed E-state index contributed by atoms with van der Waals surface area (Å²) in [6.07, 6.45) is -1.40. The van der Waals surface area contributed by atoms with E-state index in [0.29, 0.717) is 31.3 Å². The number of carbonyl (C=O) groups excluding carboxylic acids is 1. The Hall–Kier alpha value is -2.77. The van der Waals surface area contributed by atoms with Crippen molar-refractivity contribution in [1.82, 2.24) is 4.90 Å². The van der Waals surface area contributed by atoms with Crippen molar-refractivity contribution < 1.29 is 32.6 Å². The number of halogens is 3. The van der Waals surface area contributed by atoms with Crippen LogP contribution in [0.5, 0.6) is 5.75 Å². The number of carboxylic acids is 1. The summed E-state index contributed by atoms with van der Waals surface area (Å²) in [6, 6.07) is 5.51. The first-order valence-corrected chi connectivity index (χ1v) is 9.63. The van der Waals surface area contributed by atoms with E-state index in [9.17, 15) is 27.9 Å². The van der Waals surface area contributed by atoms with Crippen LogP contribution in [0.3, 0.4) is 0 Å². The highest BCUT2D eigenvalue weighted by Gasteiger charge is 2.31. The molecule has 1 aromatic rings. The predicted octanol–water partition coefficient (Wildman–Crippen LogP) is 5.12. The summed E-state index contributed by atoms with van der Waals surface area (Å²) in [5.74, 6) is -1.28. The largest absolute Gasteiger partial charge is 0.573 e. The van der Waals surface area contributed by atoms with Crippen molar-refractivity contribution in [3.05, 3.63) is 54.3 Å². The van der Waals surface area contributed by atoms with Gasteiger partial charge in [-0.1, -0.05) is 12.1 Å². The Labute approximate surface area is 174 Å². The van der Waals surface area contributed by atoms with Gasteiger partial charge in [-0.2, -0.15) is 0 Å². The van der Waals surface area contributed by atoms with Crippen molar-refractivity contribution in [2.45, 2.75) is 58.4 Å². The van der Waals surface area contributed by atoms with E-state index in [2.05, 4.69) is 17.9 Å². The zero-order valence-corrected chi connectivity index (χ0v) is 17.3. The number of hydrogen-bond acceptors (Lipinski definition) is 4. The summed E-state index contributed by atoms with van der Waals surface area (Å²) in [5.41, 5.74) is 2.32. The molecule has 2 rings (SSSR count). The van der Waals surface area contributed by atoms with Crippen molar-refractivity contribution in [2.75, 3.05) is 6.54 Å². The Morgan fingerprint density at radius 2 is 1.80 bits per heavy atom. The number of nitrogens with zero attached hydrogens (tertiary/aromatic N) is 1. The number of carboxylic acid groups (broad SMARTS) is 1. The Morgan fingerprint density at radius 3 is 2.30 bits per heavy atom. The predicted molar refractivity (Wildman–Crippen MR) is 108 cm³/mol. The fourth-order valence-electron chi connectivity index (χ4n) is 3.48. The molecule has 1 aliphatic carbocycles. The van der Waals surface area contributed by atoms with E-state index < -0.39 is 12.3 Å². The number of ketones is 1. The average Bonchev–Trinajstić information content (AvgIpc) is 3.15. The zero-order valence-electron chi connectivity index (χ0n) is 17.3. The number of aryl methyl sites for hydroxylation is 1. The highest BCUT2D eigenvalue weighted by atomic mass is 19.4. The third-order valence-electron chi connectivity index (χ3n) is 4.81. The number of Topliss-reactive ketones (excluding diaryl/α,β-unsaturated/α-hetero) is 1. The maximum atomic E-state index is 12.2. The molecule has 1 unspecified atom stereocenters. The minimum absolute atomic E-state index is 0.0321. The van der Waals surface area contributed by atoms with E-state index in [4.69, 9.17) is 0 Å². The molecule has 1 aromatic carbocycles. The van der Waals surface area contributed by atoms with E-state index in [-0.39, 0.29) is 24.1 Å². The van der Waals surface area contributed by atoms with Crippen LogP contribution < -0.4 is 4.74 Å². The van der Waals surface area contributed by atoms with Crippen LogP contribution in [0.2, 0.25) is 0 Å². The molecule has 0 aliphatic heterocycles. The van der Waals surface area contributed by atoms with Gasteiger partial charge in [0, 0.05) is 17.3 Å². The lowest BCUT2D eigenvalue weighted by Crippen LogP contribution is -2.37. The van der Waals surface area contributed by atoms with E-state index in [1.165, 1.54) is 19.1 Å². The van der Waals surface area contributed by atoms with Crippen LogP contribution in [0, 0.1) is 0 Å². The van der Waals surface area contributed by atoms with Gasteiger partial charge in [-0.15, -0.1) is 26.3 Å². The molecule has 0 amide bonds. The lowest BCUT2D eigenvalue weighted by atomic mass is 10.0. The Balaban J connectivity index is 0.00000218. The third kappa shape index (κ3) is 7.93.